The van der Waals surface area contributed by atoms with Gasteiger partial charge in [0.1, 0.15) is 5.52 Å². The molecule has 2 aromatic heterocycles. The standard InChI is InChI=1S/C15H12N2O3/c1-10(19-15(18)11-6-8-16-9-7-11)14-17-12-4-2-3-5-13(12)20-14/h2-10H,1H3/t10-/m0/s1. The monoisotopic (exact) mass is 268 g/mol. The largest absolute Gasteiger partial charge is 0.449 e. The molecule has 0 fully saturated rings. The number of ether oxygens (including phenoxy) is 1. The minimum absolute atomic E-state index is 0.383. The third-order valence-electron chi connectivity index (χ3n) is 2.86. The number of fused-ring (bicyclic) bond motifs is 1. The molecule has 5 nitrogen and oxygen atoms in total. The maximum atomic E-state index is 11.9. The maximum absolute atomic E-state index is 11.9. The lowest BCUT2D eigenvalue weighted by molar-refractivity contribution is 0.0282. The molecule has 3 rings (SSSR count). The highest BCUT2D eigenvalue weighted by molar-refractivity contribution is 5.89. The summed E-state index contributed by atoms with van der Waals surface area (Å²) in [7, 11) is 0. The molecule has 0 saturated heterocycles. The lowest BCUT2D eigenvalue weighted by Gasteiger charge is -2.09. The van der Waals surface area contributed by atoms with E-state index in [4.69, 9.17) is 9.15 Å². The second kappa shape index (κ2) is 5.13. The maximum Gasteiger partial charge on any atom is 0.339 e. The van der Waals surface area contributed by atoms with Gasteiger partial charge in [0.25, 0.3) is 0 Å². The van der Waals surface area contributed by atoms with Crippen molar-refractivity contribution in [3.05, 3.63) is 60.2 Å². The van der Waals surface area contributed by atoms with E-state index in [2.05, 4.69) is 9.97 Å². The van der Waals surface area contributed by atoms with Crippen molar-refractivity contribution in [3.8, 4) is 0 Å². The molecule has 0 spiro atoms. The molecule has 3 aromatic rings. The Morgan fingerprint density at radius 2 is 1.95 bits per heavy atom. The molecule has 0 bridgehead atoms. The summed E-state index contributed by atoms with van der Waals surface area (Å²) in [5, 5.41) is 0. The van der Waals surface area contributed by atoms with Crippen LogP contribution >= 0.6 is 0 Å². The van der Waals surface area contributed by atoms with Crippen LogP contribution in [0.5, 0.6) is 0 Å². The fourth-order valence-corrected chi connectivity index (χ4v) is 1.83. The topological polar surface area (TPSA) is 65.2 Å². The van der Waals surface area contributed by atoms with Crippen LogP contribution < -0.4 is 0 Å². The van der Waals surface area contributed by atoms with Gasteiger partial charge in [0.2, 0.25) is 5.89 Å². The summed E-state index contributed by atoms with van der Waals surface area (Å²) in [4.78, 5) is 20.1. The van der Waals surface area contributed by atoms with Gasteiger partial charge in [-0.15, -0.1) is 0 Å². The Labute approximate surface area is 115 Å². The van der Waals surface area contributed by atoms with Crippen molar-refractivity contribution in [1.29, 1.82) is 0 Å². The number of rotatable bonds is 3. The van der Waals surface area contributed by atoms with E-state index in [1.807, 2.05) is 24.3 Å². The normalized spacial score (nSPS) is 12.2. The molecule has 0 saturated carbocycles. The average Bonchev–Trinajstić information content (AvgIpc) is 2.92. The van der Waals surface area contributed by atoms with Crippen molar-refractivity contribution in [2.24, 2.45) is 0 Å². The third-order valence-corrected chi connectivity index (χ3v) is 2.86. The second-order valence-corrected chi connectivity index (χ2v) is 4.30. The number of oxazole rings is 1. The first-order valence-electron chi connectivity index (χ1n) is 6.20. The van der Waals surface area contributed by atoms with E-state index in [-0.39, 0.29) is 0 Å². The van der Waals surface area contributed by atoms with Gasteiger partial charge in [0.15, 0.2) is 11.7 Å². The predicted molar refractivity (Wildman–Crippen MR) is 72.1 cm³/mol. The van der Waals surface area contributed by atoms with E-state index >= 15 is 0 Å². The number of carbonyl (C=O) groups is 1. The molecule has 0 amide bonds. The van der Waals surface area contributed by atoms with Crippen LogP contribution in [0.3, 0.4) is 0 Å². The van der Waals surface area contributed by atoms with Crippen LogP contribution in [0.2, 0.25) is 0 Å². The molecule has 20 heavy (non-hydrogen) atoms. The average molecular weight is 268 g/mol. The molecular weight excluding hydrogens is 256 g/mol. The summed E-state index contributed by atoms with van der Waals surface area (Å²) in [6, 6.07) is 10.6. The lowest BCUT2D eigenvalue weighted by Crippen LogP contribution is -2.09. The predicted octanol–water partition coefficient (Wildman–Crippen LogP) is 3.14. The zero-order valence-corrected chi connectivity index (χ0v) is 10.8. The molecule has 0 aliphatic carbocycles. The Morgan fingerprint density at radius 1 is 1.20 bits per heavy atom. The quantitative estimate of drug-likeness (QED) is 0.683. The molecular formula is C15H12N2O3. The minimum Gasteiger partial charge on any atom is -0.449 e. The highest BCUT2D eigenvalue weighted by Gasteiger charge is 2.18. The number of benzene rings is 1. The molecule has 5 heteroatoms. The minimum atomic E-state index is -0.553. The van der Waals surface area contributed by atoms with Crippen molar-refractivity contribution in [2.75, 3.05) is 0 Å². The summed E-state index contributed by atoms with van der Waals surface area (Å²) < 4.78 is 10.9. The van der Waals surface area contributed by atoms with Gasteiger partial charge < -0.3 is 9.15 Å². The summed E-state index contributed by atoms with van der Waals surface area (Å²) in [5.41, 5.74) is 1.87. The fourth-order valence-electron chi connectivity index (χ4n) is 1.83. The summed E-state index contributed by atoms with van der Waals surface area (Å²) >= 11 is 0. The highest BCUT2D eigenvalue weighted by atomic mass is 16.6. The number of esters is 1. The van der Waals surface area contributed by atoms with Crippen molar-refractivity contribution >= 4 is 17.1 Å². The van der Waals surface area contributed by atoms with Crippen LogP contribution in [0.1, 0.15) is 29.3 Å². The molecule has 0 aliphatic rings. The highest BCUT2D eigenvalue weighted by Crippen LogP contribution is 2.22. The Balaban J connectivity index is 1.79. The van der Waals surface area contributed by atoms with Gasteiger partial charge >= 0.3 is 5.97 Å². The van der Waals surface area contributed by atoms with Crippen LogP contribution in [0.4, 0.5) is 0 Å². The number of hydrogen-bond acceptors (Lipinski definition) is 5. The van der Waals surface area contributed by atoms with Crippen molar-refractivity contribution in [2.45, 2.75) is 13.0 Å². The van der Waals surface area contributed by atoms with Gasteiger partial charge in [0, 0.05) is 12.4 Å². The van der Waals surface area contributed by atoms with Gasteiger partial charge in [-0.05, 0) is 31.2 Å². The smallest absolute Gasteiger partial charge is 0.339 e. The van der Waals surface area contributed by atoms with Gasteiger partial charge in [-0.1, -0.05) is 12.1 Å². The Morgan fingerprint density at radius 3 is 2.70 bits per heavy atom. The number of para-hydroxylation sites is 2. The SMILES string of the molecule is C[C@H](OC(=O)c1ccncc1)c1nc2ccccc2o1. The molecule has 0 aliphatic heterocycles. The number of hydrogen-bond donors (Lipinski definition) is 0. The van der Waals surface area contributed by atoms with Crippen LogP contribution in [-0.2, 0) is 4.74 Å². The van der Waals surface area contributed by atoms with Crippen LogP contribution in [0.15, 0.2) is 53.2 Å². The Hall–Kier alpha value is -2.69. The van der Waals surface area contributed by atoms with E-state index in [0.717, 1.165) is 5.52 Å². The van der Waals surface area contributed by atoms with E-state index in [1.165, 1.54) is 0 Å². The zero-order chi connectivity index (χ0) is 13.9. The number of nitrogens with zero attached hydrogens (tertiary/aromatic N) is 2. The van der Waals surface area contributed by atoms with E-state index in [0.29, 0.717) is 17.0 Å². The molecule has 100 valence electrons. The zero-order valence-electron chi connectivity index (χ0n) is 10.8. The molecule has 1 aromatic carbocycles. The summed E-state index contributed by atoms with van der Waals surface area (Å²) in [6.45, 7) is 1.73. The van der Waals surface area contributed by atoms with Crippen LogP contribution in [0, 0.1) is 0 Å². The molecule has 0 N–H and O–H groups in total. The van der Waals surface area contributed by atoms with Crippen molar-refractivity contribution < 1.29 is 13.9 Å². The first-order valence-corrected chi connectivity index (χ1v) is 6.20. The van der Waals surface area contributed by atoms with Gasteiger partial charge in [0.05, 0.1) is 5.56 Å². The molecule has 0 unspecified atom stereocenters. The van der Waals surface area contributed by atoms with Crippen molar-refractivity contribution in [3.63, 3.8) is 0 Å². The van der Waals surface area contributed by atoms with Gasteiger partial charge in [-0.3, -0.25) is 4.98 Å². The second-order valence-electron chi connectivity index (χ2n) is 4.30. The van der Waals surface area contributed by atoms with E-state index < -0.39 is 12.1 Å². The van der Waals surface area contributed by atoms with Crippen molar-refractivity contribution in [1.82, 2.24) is 9.97 Å². The van der Waals surface area contributed by atoms with E-state index in [9.17, 15) is 4.79 Å². The first-order chi connectivity index (χ1) is 9.74. The molecule has 0 radical (unpaired) electrons. The number of carbonyl (C=O) groups excluding carboxylic acids is 1. The van der Waals surface area contributed by atoms with Gasteiger partial charge in [-0.2, -0.15) is 0 Å². The molecule has 2 heterocycles. The third kappa shape index (κ3) is 2.38. The molecule has 1 atom stereocenters. The number of pyridine rings is 1. The fraction of sp³-hybridized carbons (Fsp3) is 0.133. The van der Waals surface area contributed by atoms with Gasteiger partial charge in [-0.25, -0.2) is 9.78 Å². The number of aromatic nitrogens is 2. The van der Waals surface area contributed by atoms with Crippen LogP contribution in [0.25, 0.3) is 11.1 Å². The lowest BCUT2D eigenvalue weighted by atomic mass is 10.3. The van der Waals surface area contributed by atoms with E-state index in [1.54, 1.807) is 31.5 Å². The first kappa shape index (κ1) is 12.3. The summed E-state index contributed by atoms with van der Waals surface area (Å²) in [6.07, 6.45) is 2.53. The Bertz CT molecular complexity index is 704. The Kier molecular flexibility index (Phi) is 3.16. The van der Waals surface area contributed by atoms with Crippen LogP contribution in [-0.4, -0.2) is 15.9 Å². The summed E-state index contributed by atoms with van der Waals surface area (Å²) in [5.74, 6) is -0.0456.